The van der Waals surface area contributed by atoms with E-state index in [9.17, 15) is 0 Å². The van der Waals surface area contributed by atoms with Crippen molar-refractivity contribution >= 4 is 11.6 Å². The second kappa shape index (κ2) is 5.21. The molecule has 2 nitrogen and oxygen atoms in total. The van der Waals surface area contributed by atoms with Crippen LogP contribution in [0.4, 0.5) is 0 Å². The molecule has 0 unspecified atom stereocenters. The van der Waals surface area contributed by atoms with Crippen LogP contribution < -0.4 is 10.5 Å². The molecule has 0 amide bonds. The van der Waals surface area contributed by atoms with E-state index >= 15 is 0 Å². The van der Waals surface area contributed by atoms with Crippen LogP contribution in [0.5, 0.6) is 5.75 Å². The first-order chi connectivity index (χ1) is 8.24. The van der Waals surface area contributed by atoms with Crippen molar-refractivity contribution in [3.63, 3.8) is 0 Å². The molecule has 0 saturated heterocycles. The predicted octanol–water partition coefficient (Wildman–Crippen LogP) is 3.47. The highest BCUT2D eigenvalue weighted by Gasteiger charge is 2.05. The molecule has 0 aromatic heterocycles. The lowest BCUT2D eigenvalue weighted by atomic mass is 9.99. The smallest absolute Gasteiger partial charge is 0.119 e. The molecule has 0 aliphatic rings. The van der Waals surface area contributed by atoms with Crippen LogP contribution in [0, 0.1) is 0 Å². The molecule has 0 bridgehead atoms. The van der Waals surface area contributed by atoms with Crippen LogP contribution in [-0.2, 0) is 6.54 Å². The van der Waals surface area contributed by atoms with Crippen molar-refractivity contribution in [3.8, 4) is 16.9 Å². The van der Waals surface area contributed by atoms with Crippen LogP contribution >= 0.6 is 11.6 Å². The Balaban J connectivity index is 2.47. The minimum atomic E-state index is 0.481. The molecule has 2 N–H and O–H groups in total. The average Bonchev–Trinajstić information content (AvgIpc) is 2.39. The zero-order chi connectivity index (χ0) is 12.3. The van der Waals surface area contributed by atoms with Gasteiger partial charge in [-0.2, -0.15) is 0 Å². The Kier molecular flexibility index (Phi) is 3.67. The number of benzene rings is 2. The van der Waals surface area contributed by atoms with E-state index in [0.717, 1.165) is 27.5 Å². The SMILES string of the molecule is COc1ccc(-c2ccc(Cl)cc2)c(CN)c1. The number of halogens is 1. The number of hydrogen-bond donors (Lipinski definition) is 1. The molecule has 88 valence electrons. The summed E-state index contributed by atoms with van der Waals surface area (Å²) < 4.78 is 5.19. The first kappa shape index (κ1) is 12.0. The summed E-state index contributed by atoms with van der Waals surface area (Å²) in [5.41, 5.74) is 9.05. The van der Waals surface area contributed by atoms with Gasteiger partial charge in [0.25, 0.3) is 0 Å². The fourth-order valence-corrected chi connectivity index (χ4v) is 1.90. The molecule has 0 aliphatic carbocycles. The van der Waals surface area contributed by atoms with Gasteiger partial charge in [0.15, 0.2) is 0 Å². The van der Waals surface area contributed by atoms with Gasteiger partial charge in [0.05, 0.1) is 7.11 Å². The van der Waals surface area contributed by atoms with Gasteiger partial charge in [0.2, 0.25) is 0 Å². The lowest BCUT2D eigenvalue weighted by Gasteiger charge is -2.10. The molecule has 3 heteroatoms. The Morgan fingerprint density at radius 3 is 2.41 bits per heavy atom. The largest absolute Gasteiger partial charge is 0.497 e. The summed E-state index contributed by atoms with van der Waals surface area (Å²) in [7, 11) is 1.65. The summed E-state index contributed by atoms with van der Waals surface area (Å²) in [4.78, 5) is 0. The molecule has 0 atom stereocenters. The molecular weight excluding hydrogens is 234 g/mol. The predicted molar refractivity (Wildman–Crippen MR) is 71.3 cm³/mol. The van der Waals surface area contributed by atoms with Crippen LogP contribution in [0.1, 0.15) is 5.56 Å². The molecular formula is C14H14ClNO. The fraction of sp³-hybridized carbons (Fsp3) is 0.143. The minimum absolute atomic E-state index is 0.481. The van der Waals surface area contributed by atoms with Crippen LogP contribution in [0.25, 0.3) is 11.1 Å². The van der Waals surface area contributed by atoms with E-state index in [1.807, 2.05) is 42.5 Å². The molecule has 0 saturated carbocycles. The Bertz CT molecular complexity index is 508. The first-order valence-electron chi connectivity index (χ1n) is 5.37. The highest BCUT2D eigenvalue weighted by atomic mass is 35.5. The van der Waals surface area contributed by atoms with Gasteiger partial charge in [-0.05, 0) is 41.0 Å². The molecule has 17 heavy (non-hydrogen) atoms. The zero-order valence-corrected chi connectivity index (χ0v) is 10.4. The normalized spacial score (nSPS) is 10.3. The van der Waals surface area contributed by atoms with E-state index in [1.165, 1.54) is 0 Å². The molecule has 2 aromatic rings. The standard InChI is InChI=1S/C14H14ClNO/c1-17-13-6-7-14(11(8-13)9-16)10-2-4-12(15)5-3-10/h2-8H,9,16H2,1H3. The molecule has 2 rings (SSSR count). The lowest BCUT2D eigenvalue weighted by molar-refractivity contribution is 0.414. The van der Waals surface area contributed by atoms with Gasteiger partial charge in [0, 0.05) is 11.6 Å². The second-order valence-electron chi connectivity index (χ2n) is 3.73. The Hall–Kier alpha value is -1.51. The zero-order valence-electron chi connectivity index (χ0n) is 9.61. The highest BCUT2D eigenvalue weighted by molar-refractivity contribution is 6.30. The molecule has 0 aliphatic heterocycles. The third kappa shape index (κ3) is 2.60. The van der Waals surface area contributed by atoms with Crippen LogP contribution in [0.15, 0.2) is 42.5 Å². The Labute approximate surface area is 106 Å². The summed E-state index contributed by atoms with van der Waals surface area (Å²) in [6.45, 7) is 0.481. The molecule has 0 heterocycles. The van der Waals surface area contributed by atoms with Crippen molar-refractivity contribution in [3.05, 3.63) is 53.1 Å². The monoisotopic (exact) mass is 247 g/mol. The number of rotatable bonds is 3. The number of methoxy groups -OCH3 is 1. The topological polar surface area (TPSA) is 35.2 Å². The van der Waals surface area contributed by atoms with Gasteiger partial charge < -0.3 is 10.5 Å². The van der Waals surface area contributed by atoms with Crippen molar-refractivity contribution < 1.29 is 4.74 Å². The third-order valence-electron chi connectivity index (χ3n) is 2.69. The summed E-state index contributed by atoms with van der Waals surface area (Å²) in [6.07, 6.45) is 0. The third-order valence-corrected chi connectivity index (χ3v) is 2.94. The highest BCUT2D eigenvalue weighted by Crippen LogP contribution is 2.28. The van der Waals surface area contributed by atoms with Crippen molar-refractivity contribution in [1.82, 2.24) is 0 Å². The summed E-state index contributed by atoms with van der Waals surface area (Å²) >= 11 is 5.88. The molecule has 0 fully saturated rings. The quantitative estimate of drug-likeness (QED) is 0.901. The molecule has 0 spiro atoms. The average molecular weight is 248 g/mol. The second-order valence-corrected chi connectivity index (χ2v) is 4.17. The van der Waals surface area contributed by atoms with Gasteiger partial charge in [0.1, 0.15) is 5.75 Å². The molecule has 0 radical (unpaired) electrons. The van der Waals surface area contributed by atoms with Gasteiger partial charge in [-0.3, -0.25) is 0 Å². The number of ether oxygens (including phenoxy) is 1. The Morgan fingerprint density at radius 1 is 1.12 bits per heavy atom. The van der Waals surface area contributed by atoms with Crippen molar-refractivity contribution in [2.24, 2.45) is 5.73 Å². The van der Waals surface area contributed by atoms with Gasteiger partial charge in [-0.25, -0.2) is 0 Å². The number of nitrogens with two attached hydrogens (primary N) is 1. The van der Waals surface area contributed by atoms with Crippen LogP contribution in [0.2, 0.25) is 5.02 Å². The lowest BCUT2D eigenvalue weighted by Crippen LogP contribution is -1.99. The maximum Gasteiger partial charge on any atom is 0.119 e. The summed E-state index contributed by atoms with van der Waals surface area (Å²) in [5, 5.41) is 0.733. The summed E-state index contributed by atoms with van der Waals surface area (Å²) in [5.74, 6) is 0.822. The maximum absolute atomic E-state index is 5.88. The van der Waals surface area contributed by atoms with E-state index in [0.29, 0.717) is 6.54 Å². The summed E-state index contributed by atoms with van der Waals surface area (Å²) in [6, 6.07) is 13.6. The van der Waals surface area contributed by atoms with Crippen LogP contribution in [-0.4, -0.2) is 7.11 Å². The van der Waals surface area contributed by atoms with Gasteiger partial charge in [-0.15, -0.1) is 0 Å². The van der Waals surface area contributed by atoms with E-state index in [1.54, 1.807) is 7.11 Å². The van der Waals surface area contributed by atoms with Crippen molar-refractivity contribution in [2.45, 2.75) is 6.54 Å². The van der Waals surface area contributed by atoms with E-state index in [2.05, 4.69) is 0 Å². The van der Waals surface area contributed by atoms with Crippen molar-refractivity contribution in [1.29, 1.82) is 0 Å². The minimum Gasteiger partial charge on any atom is -0.497 e. The first-order valence-corrected chi connectivity index (χ1v) is 5.75. The van der Waals surface area contributed by atoms with Crippen LogP contribution in [0.3, 0.4) is 0 Å². The maximum atomic E-state index is 5.88. The van der Waals surface area contributed by atoms with E-state index in [4.69, 9.17) is 22.1 Å². The molecule has 2 aromatic carbocycles. The van der Waals surface area contributed by atoms with E-state index < -0.39 is 0 Å². The van der Waals surface area contributed by atoms with E-state index in [-0.39, 0.29) is 0 Å². The number of hydrogen-bond acceptors (Lipinski definition) is 2. The van der Waals surface area contributed by atoms with Crippen molar-refractivity contribution in [2.75, 3.05) is 7.11 Å². The fourth-order valence-electron chi connectivity index (χ4n) is 1.78. The van der Waals surface area contributed by atoms with Gasteiger partial charge >= 0.3 is 0 Å². The van der Waals surface area contributed by atoms with Gasteiger partial charge in [-0.1, -0.05) is 29.8 Å². The Morgan fingerprint density at radius 2 is 1.82 bits per heavy atom.